The zero-order valence-electron chi connectivity index (χ0n) is 8.87. The number of nitrogens with zero attached hydrogens (tertiary/aromatic N) is 1. The Morgan fingerprint density at radius 2 is 1.35 bits per heavy atom. The molecule has 0 saturated carbocycles. The van der Waals surface area contributed by atoms with Gasteiger partial charge in [-0.15, -0.1) is 0 Å². The number of rotatable bonds is 2. The topological polar surface area (TPSA) is 57.9 Å². The number of benzene rings is 2. The quantitative estimate of drug-likeness (QED) is 0.813. The molecule has 3 nitrogen and oxygen atoms in total. The van der Waals surface area contributed by atoms with Crippen LogP contribution < -0.4 is 0 Å². The Morgan fingerprint density at radius 3 is 1.88 bits per heavy atom. The third-order valence-corrected chi connectivity index (χ3v) is 4.13. The average Bonchev–Trinajstić information content (AvgIpc) is 2.40. The first kappa shape index (κ1) is 11.4. The third kappa shape index (κ3) is 2.19. The highest BCUT2D eigenvalue weighted by atomic mass is 32.2. The highest BCUT2D eigenvalue weighted by Gasteiger charge is 2.16. The van der Waals surface area contributed by atoms with Gasteiger partial charge in [-0.2, -0.15) is 5.26 Å². The van der Waals surface area contributed by atoms with Crippen molar-refractivity contribution in [1.29, 1.82) is 5.26 Å². The predicted molar refractivity (Wildman–Crippen MR) is 63.1 cm³/mol. The van der Waals surface area contributed by atoms with E-state index in [1.54, 1.807) is 30.3 Å². The third-order valence-electron chi connectivity index (χ3n) is 2.35. The monoisotopic (exact) mass is 243 g/mol. The van der Waals surface area contributed by atoms with Gasteiger partial charge in [-0.25, -0.2) is 8.42 Å². The first-order valence-electron chi connectivity index (χ1n) is 4.95. The molecule has 0 fully saturated rings. The van der Waals surface area contributed by atoms with Crippen molar-refractivity contribution in [2.45, 2.75) is 9.79 Å². The molecule has 2 rings (SSSR count). The second-order valence-electron chi connectivity index (χ2n) is 3.45. The van der Waals surface area contributed by atoms with E-state index in [0.717, 1.165) is 0 Å². The Balaban J connectivity index is 2.50. The summed E-state index contributed by atoms with van der Waals surface area (Å²) in [6.07, 6.45) is 0. The van der Waals surface area contributed by atoms with E-state index in [1.807, 2.05) is 6.07 Å². The van der Waals surface area contributed by atoms with Gasteiger partial charge in [0.2, 0.25) is 9.84 Å². The van der Waals surface area contributed by atoms with Crippen LogP contribution in [-0.4, -0.2) is 8.42 Å². The minimum atomic E-state index is -3.47. The summed E-state index contributed by atoms with van der Waals surface area (Å²) < 4.78 is 24.3. The molecule has 84 valence electrons. The molecule has 0 aliphatic rings. The largest absolute Gasteiger partial charge is 0.219 e. The summed E-state index contributed by atoms with van der Waals surface area (Å²) >= 11 is 0. The number of hydrogen-bond donors (Lipinski definition) is 0. The fourth-order valence-electron chi connectivity index (χ4n) is 1.44. The molecule has 2 aromatic carbocycles. The molecule has 0 amide bonds. The molecule has 0 spiro atoms. The van der Waals surface area contributed by atoms with Crippen LogP contribution in [0.5, 0.6) is 0 Å². The van der Waals surface area contributed by atoms with E-state index in [0.29, 0.717) is 5.56 Å². The molecule has 0 aliphatic carbocycles. The number of nitriles is 1. The van der Waals surface area contributed by atoms with E-state index in [1.165, 1.54) is 24.3 Å². The summed E-state index contributed by atoms with van der Waals surface area (Å²) in [4.78, 5) is 0.451. The molecule has 0 bridgehead atoms. The van der Waals surface area contributed by atoms with Crippen LogP contribution >= 0.6 is 0 Å². The Morgan fingerprint density at radius 1 is 0.824 bits per heavy atom. The molecule has 4 heteroatoms. The van der Waals surface area contributed by atoms with Gasteiger partial charge >= 0.3 is 0 Å². The number of hydrogen-bond acceptors (Lipinski definition) is 3. The summed E-state index contributed by atoms with van der Waals surface area (Å²) in [6.45, 7) is 0. The fraction of sp³-hybridized carbons (Fsp3) is 0. The maximum Gasteiger partial charge on any atom is 0.206 e. The number of sulfone groups is 1. The van der Waals surface area contributed by atoms with Gasteiger partial charge in [0.1, 0.15) is 0 Å². The van der Waals surface area contributed by atoms with Crippen LogP contribution in [0, 0.1) is 11.3 Å². The van der Waals surface area contributed by atoms with Crippen molar-refractivity contribution in [2.24, 2.45) is 0 Å². The van der Waals surface area contributed by atoms with Crippen LogP contribution in [0.2, 0.25) is 0 Å². The van der Waals surface area contributed by atoms with Gasteiger partial charge in [-0.3, -0.25) is 0 Å². The van der Waals surface area contributed by atoms with E-state index in [2.05, 4.69) is 0 Å². The van der Waals surface area contributed by atoms with Crippen LogP contribution in [0.4, 0.5) is 0 Å². The molecular weight excluding hydrogens is 234 g/mol. The average molecular weight is 243 g/mol. The summed E-state index contributed by atoms with van der Waals surface area (Å²) in [5.41, 5.74) is 0.442. The Kier molecular flexibility index (Phi) is 2.94. The fourth-order valence-corrected chi connectivity index (χ4v) is 2.73. The zero-order valence-corrected chi connectivity index (χ0v) is 9.68. The lowest BCUT2D eigenvalue weighted by Gasteiger charge is -2.03. The highest BCUT2D eigenvalue weighted by Crippen LogP contribution is 2.20. The zero-order chi connectivity index (χ0) is 12.3. The van der Waals surface area contributed by atoms with E-state index >= 15 is 0 Å². The van der Waals surface area contributed by atoms with Crippen LogP contribution in [-0.2, 0) is 9.84 Å². The molecule has 0 radical (unpaired) electrons. The molecule has 0 aromatic heterocycles. The van der Waals surface area contributed by atoms with Crippen LogP contribution in [0.15, 0.2) is 64.4 Å². The molecule has 0 heterocycles. The summed E-state index contributed by atoms with van der Waals surface area (Å²) in [5, 5.41) is 8.65. The summed E-state index contributed by atoms with van der Waals surface area (Å²) in [6, 6.07) is 16.0. The summed E-state index contributed by atoms with van der Waals surface area (Å²) in [7, 11) is -3.47. The SMILES string of the molecule is N#Cc1ccc(S(=O)(=O)c2ccccc2)cc1. The van der Waals surface area contributed by atoms with Crippen molar-refractivity contribution in [3.8, 4) is 6.07 Å². The van der Waals surface area contributed by atoms with Crippen molar-refractivity contribution < 1.29 is 8.42 Å². The first-order chi connectivity index (χ1) is 8.14. The molecule has 2 aromatic rings. The van der Waals surface area contributed by atoms with Crippen molar-refractivity contribution in [3.63, 3.8) is 0 Å². The molecule has 0 atom stereocenters. The van der Waals surface area contributed by atoms with Crippen molar-refractivity contribution >= 4 is 9.84 Å². The van der Waals surface area contributed by atoms with Gasteiger partial charge in [0, 0.05) is 0 Å². The maximum atomic E-state index is 12.2. The van der Waals surface area contributed by atoms with E-state index in [4.69, 9.17) is 5.26 Å². The van der Waals surface area contributed by atoms with Gasteiger partial charge in [0.15, 0.2) is 0 Å². The lowest BCUT2D eigenvalue weighted by molar-refractivity contribution is 0.596. The molecule has 17 heavy (non-hydrogen) atoms. The summed E-state index contributed by atoms with van der Waals surface area (Å²) in [5.74, 6) is 0. The normalized spacial score (nSPS) is 10.8. The molecule has 0 saturated heterocycles. The van der Waals surface area contributed by atoms with Gasteiger partial charge in [-0.05, 0) is 36.4 Å². The Bertz CT molecular complexity index is 653. The highest BCUT2D eigenvalue weighted by molar-refractivity contribution is 7.91. The Labute approximate surface area is 99.9 Å². The van der Waals surface area contributed by atoms with Crippen LogP contribution in [0.25, 0.3) is 0 Å². The second kappa shape index (κ2) is 4.40. The second-order valence-corrected chi connectivity index (χ2v) is 5.40. The van der Waals surface area contributed by atoms with E-state index in [9.17, 15) is 8.42 Å². The van der Waals surface area contributed by atoms with Crippen LogP contribution in [0.1, 0.15) is 5.56 Å². The van der Waals surface area contributed by atoms with Gasteiger partial charge < -0.3 is 0 Å². The molecular formula is C13H9NO2S. The van der Waals surface area contributed by atoms with Crippen molar-refractivity contribution in [2.75, 3.05) is 0 Å². The van der Waals surface area contributed by atoms with E-state index < -0.39 is 9.84 Å². The van der Waals surface area contributed by atoms with Gasteiger partial charge in [0.05, 0.1) is 21.4 Å². The minimum Gasteiger partial charge on any atom is -0.219 e. The van der Waals surface area contributed by atoms with Gasteiger partial charge in [-0.1, -0.05) is 18.2 Å². The molecule has 0 unspecified atom stereocenters. The predicted octanol–water partition coefficient (Wildman–Crippen LogP) is 2.39. The van der Waals surface area contributed by atoms with Crippen molar-refractivity contribution in [1.82, 2.24) is 0 Å². The standard InChI is InChI=1S/C13H9NO2S/c14-10-11-6-8-13(9-7-11)17(15,16)12-4-2-1-3-5-12/h1-9H. The van der Waals surface area contributed by atoms with Crippen molar-refractivity contribution in [3.05, 3.63) is 60.2 Å². The van der Waals surface area contributed by atoms with Crippen LogP contribution in [0.3, 0.4) is 0 Å². The van der Waals surface area contributed by atoms with E-state index in [-0.39, 0.29) is 9.79 Å². The smallest absolute Gasteiger partial charge is 0.206 e. The molecule has 0 N–H and O–H groups in total. The molecule has 0 aliphatic heterocycles. The lowest BCUT2D eigenvalue weighted by atomic mass is 10.2. The lowest BCUT2D eigenvalue weighted by Crippen LogP contribution is -2.01. The maximum absolute atomic E-state index is 12.2. The Hall–Kier alpha value is -2.12. The first-order valence-corrected chi connectivity index (χ1v) is 6.43. The van der Waals surface area contributed by atoms with Gasteiger partial charge in [0.25, 0.3) is 0 Å². The minimum absolute atomic E-state index is 0.197.